The Kier molecular flexibility index (Phi) is 5.53. The van der Waals surface area contributed by atoms with E-state index >= 15 is 0 Å². The van der Waals surface area contributed by atoms with Crippen LogP contribution in [0.1, 0.15) is 18.1 Å². The zero-order chi connectivity index (χ0) is 18.5. The fourth-order valence-electron chi connectivity index (χ4n) is 3.13. The van der Waals surface area contributed by atoms with Crippen molar-refractivity contribution in [3.63, 3.8) is 0 Å². The van der Waals surface area contributed by atoms with Gasteiger partial charge in [-0.1, -0.05) is 37.3 Å². The molecule has 1 aliphatic heterocycles. The van der Waals surface area contributed by atoms with Crippen LogP contribution in [0.15, 0.2) is 48.5 Å². The number of nitrogens with zero attached hydrogens (tertiary/aromatic N) is 1. The molecule has 1 heterocycles. The Morgan fingerprint density at radius 3 is 2.62 bits per heavy atom. The molecule has 0 aromatic heterocycles. The van der Waals surface area contributed by atoms with Crippen molar-refractivity contribution < 1.29 is 9.59 Å². The number of anilines is 2. The number of fused-ring (bicyclic) bond motifs is 1. The standard InChI is InChI=1S/C20H24N4O2/c1-14(12-21)19(25)24-11-10-17-15(13-24)6-5-9-18(17)23-20(26)22-16-7-3-2-4-8-16/h2-9,14H,10-13,21H2,1H3,(H2,22,23,26). The molecule has 4 N–H and O–H groups in total. The van der Waals surface area contributed by atoms with Crippen LogP contribution in [0.2, 0.25) is 0 Å². The van der Waals surface area contributed by atoms with E-state index in [0.717, 1.165) is 22.5 Å². The molecule has 26 heavy (non-hydrogen) atoms. The quantitative estimate of drug-likeness (QED) is 0.791. The molecule has 0 aliphatic carbocycles. The Labute approximate surface area is 153 Å². The minimum absolute atomic E-state index is 0.0818. The van der Waals surface area contributed by atoms with Gasteiger partial charge in [-0.2, -0.15) is 0 Å². The number of nitrogens with two attached hydrogens (primary N) is 1. The average Bonchev–Trinajstić information content (AvgIpc) is 2.67. The highest BCUT2D eigenvalue weighted by molar-refractivity contribution is 6.00. The number of rotatable bonds is 4. The third-order valence-corrected chi connectivity index (χ3v) is 4.63. The van der Waals surface area contributed by atoms with Gasteiger partial charge in [0.1, 0.15) is 0 Å². The summed E-state index contributed by atoms with van der Waals surface area (Å²) in [6.07, 6.45) is 0.708. The van der Waals surface area contributed by atoms with E-state index in [1.165, 1.54) is 0 Å². The van der Waals surface area contributed by atoms with Gasteiger partial charge in [-0.15, -0.1) is 0 Å². The van der Waals surface area contributed by atoms with Crippen molar-refractivity contribution in [3.05, 3.63) is 59.7 Å². The van der Waals surface area contributed by atoms with E-state index in [2.05, 4.69) is 10.6 Å². The topological polar surface area (TPSA) is 87.5 Å². The van der Waals surface area contributed by atoms with Gasteiger partial charge in [-0.3, -0.25) is 4.79 Å². The SMILES string of the molecule is CC(CN)C(=O)N1CCc2c(cccc2NC(=O)Nc2ccccc2)C1. The summed E-state index contributed by atoms with van der Waals surface area (Å²) in [7, 11) is 0. The molecule has 3 amide bonds. The van der Waals surface area contributed by atoms with E-state index in [0.29, 0.717) is 26.1 Å². The Bertz CT molecular complexity index is 792. The highest BCUT2D eigenvalue weighted by Crippen LogP contribution is 2.27. The smallest absolute Gasteiger partial charge is 0.323 e. The van der Waals surface area contributed by atoms with Crippen LogP contribution in [0.3, 0.4) is 0 Å². The van der Waals surface area contributed by atoms with Gasteiger partial charge in [0, 0.05) is 36.9 Å². The fourth-order valence-corrected chi connectivity index (χ4v) is 3.13. The molecule has 136 valence electrons. The van der Waals surface area contributed by atoms with Crippen molar-refractivity contribution in [1.82, 2.24) is 4.90 Å². The first-order chi connectivity index (χ1) is 12.6. The van der Waals surface area contributed by atoms with Crippen LogP contribution in [-0.4, -0.2) is 29.9 Å². The number of benzene rings is 2. The van der Waals surface area contributed by atoms with Crippen molar-refractivity contribution >= 4 is 23.3 Å². The van der Waals surface area contributed by atoms with Crippen molar-refractivity contribution in [2.75, 3.05) is 23.7 Å². The number of hydrogen-bond donors (Lipinski definition) is 3. The Morgan fingerprint density at radius 2 is 1.88 bits per heavy atom. The van der Waals surface area contributed by atoms with Gasteiger partial charge >= 0.3 is 6.03 Å². The number of carbonyl (C=O) groups is 2. The minimum atomic E-state index is -0.278. The third kappa shape index (κ3) is 4.03. The van der Waals surface area contributed by atoms with E-state index in [1.807, 2.05) is 60.4 Å². The largest absolute Gasteiger partial charge is 0.338 e. The summed E-state index contributed by atoms with van der Waals surface area (Å²) < 4.78 is 0. The molecule has 0 radical (unpaired) electrons. The van der Waals surface area contributed by atoms with Crippen LogP contribution in [0, 0.1) is 5.92 Å². The molecule has 0 saturated heterocycles. The molecular weight excluding hydrogens is 328 g/mol. The number of hydrogen-bond acceptors (Lipinski definition) is 3. The summed E-state index contributed by atoms with van der Waals surface area (Å²) >= 11 is 0. The second kappa shape index (κ2) is 8.01. The van der Waals surface area contributed by atoms with Crippen LogP contribution in [0.25, 0.3) is 0 Å². The normalized spacial score (nSPS) is 14.3. The third-order valence-electron chi connectivity index (χ3n) is 4.63. The predicted molar refractivity (Wildman–Crippen MR) is 103 cm³/mol. The second-order valence-electron chi connectivity index (χ2n) is 6.53. The van der Waals surface area contributed by atoms with Crippen LogP contribution < -0.4 is 16.4 Å². The Morgan fingerprint density at radius 1 is 1.12 bits per heavy atom. The molecule has 1 aliphatic rings. The van der Waals surface area contributed by atoms with Crippen LogP contribution in [-0.2, 0) is 17.8 Å². The van der Waals surface area contributed by atoms with E-state index in [-0.39, 0.29) is 17.9 Å². The first-order valence-corrected chi connectivity index (χ1v) is 8.81. The summed E-state index contributed by atoms with van der Waals surface area (Å²) in [5.74, 6) is -0.0900. The van der Waals surface area contributed by atoms with Crippen molar-refractivity contribution in [1.29, 1.82) is 0 Å². The Hall–Kier alpha value is -2.86. The maximum atomic E-state index is 12.4. The molecule has 0 bridgehead atoms. The number of urea groups is 1. The molecule has 0 fully saturated rings. The van der Waals surface area contributed by atoms with Gasteiger partial charge in [0.2, 0.25) is 5.91 Å². The van der Waals surface area contributed by atoms with Crippen molar-refractivity contribution in [2.24, 2.45) is 11.7 Å². The number of para-hydroxylation sites is 1. The first-order valence-electron chi connectivity index (χ1n) is 8.81. The van der Waals surface area contributed by atoms with Gasteiger partial charge in [0.05, 0.1) is 0 Å². The fraction of sp³-hybridized carbons (Fsp3) is 0.300. The van der Waals surface area contributed by atoms with E-state index in [1.54, 1.807) is 0 Å². The van der Waals surface area contributed by atoms with Gasteiger partial charge in [0.15, 0.2) is 0 Å². The van der Waals surface area contributed by atoms with Gasteiger partial charge in [0.25, 0.3) is 0 Å². The lowest BCUT2D eigenvalue weighted by Crippen LogP contribution is -2.41. The molecule has 2 aromatic rings. The molecule has 3 rings (SSSR count). The molecule has 0 spiro atoms. The van der Waals surface area contributed by atoms with Crippen molar-refractivity contribution in [3.8, 4) is 0 Å². The zero-order valence-corrected chi connectivity index (χ0v) is 14.9. The molecule has 1 atom stereocenters. The molecule has 0 saturated carbocycles. The highest BCUT2D eigenvalue weighted by atomic mass is 16.2. The number of amides is 3. The highest BCUT2D eigenvalue weighted by Gasteiger charge is 2.25. The van der Waals surface area contributed by atoms with Gasteiger partial charge < -0.3 is 21.3 Å². The maximum absolute atomic E-state index is 12.4. The molecular formula is C20H24N4O2. The Balaban J connectivity index is 1.70. The lowest BCUT2D eigenvalue weighted by atomic mass is 9.96. The van der Waals surface area contributed by atoms with E-state index in [9.17, 15) is 9.59 Å². The second-order valence-corrected chi connectivity index (χ2v) is 6.53. The summed E-state index contributed by atoms with van der Waals surface area (Å²) in [6.45, 7) is 3.39. The average molecular weight is 352 g/mol. The summed E-state index contributed by atoms with van der Waals surface area (Å²) in [5, 5.41) is 5.74. The van der Waals surface area contributed by atoms with Crippen molar-refractivity contribution in [2.45, 2.75) is 19.9 Å². The zero-order valence-electron chi connectivity index (χ0n) is 14.9. The molecule has 2 aromatic carbocycles. The number of carbonyl (C=O) groups excluding carboxylic acids is 2. The number of nitrogens with one attached hydrogen (secondary N) is 2. The minimum Gasteiger partial charge on any atom is -0.338 e. The monoisotopic (exact) mass is 352 g/mol. The van der Waals surface area contributed by atoms with Gasteiger partial charge in [-0.25, -0.2) is 4.79 Å². The molecule has 6 heteroatoms. The molecule has 1 unspecified atom stereocenters. The summed E-state index contributed by atoms with van der Waals surface area (Å²) in [4.78, 5) is 26.5. The van der Waals surface area contributed by atoms with Crippen LogP contribution in [0.4, 0.5) is 16.2 Å². The predicted octanol–water partition coefficient (Wildman–Crippen LogP) is 2.81. The molecule has 6 nitrogen and oxygen atoms in total. The maximum Gasteiger partial charge on any atom is 0.323 e. The van der Waals surface area contributed by atoms with Gasteiger partial charge in [-0.05, 0) is 35.7 Å². The van der Waals surface area contributed by atoms with Crippen LogP contribution >= 0.6 is 0 Å². The first kappa shape index (κ1) is 17.9. The lowest BCUT2D eigenvalue weighted by Gasteiger charge is -2.31. The van der Waals surface area contributed by atoms with E-state index in [4.69, 9.17) is 5.73 Å². The van der Waals surface area contributed by atoms with Crippen LogP contribution in [0.5, 0.6) is 0 Å². The van der Waals surface area contributed by atoms with E-state index < -0.39 is 0 Å². The lowest BCUT2D eigenvalue weighted by molar-refractivity contribution is -0.135. The summed E-state index contributed by atoms with van der Waals surface area (Å²) in [6, 6.07) is 14.8. The summed E-state index contributed by atoms with van der Waals surface area (Å²) in [5.41, 5.74) is 9.28.